The summed E-state index contributed by atoms with van der Waals surface area (Å²) in [5.74, 6) is 1.42. The predicted octanol–water partition coefficient (Wildman–Crippen LogP) is 3.17. The zero-order chi connectivity index (χ0) is 14.8. The maximum atomic E-state index is 5.58. The highest BCUT2D eigenvalue weighted by Gasteiger charge is 2.15. The van der Waals surface area contributed by atoms with E-state index in [1.807, 2.05) is 31.2 Å². The highest BCUT2D eigenvalue weighted by atomic mass is 79.9. The van der Waals surface area contributed by atoms with E-state index in [0.29, 0.717) is 12.4 Å². The van der Waals surface area contributed by atoms with E-state index >= 15 is 0 Å². The molecule has 0 radical (unpaired) electrons. The largest absolute Gasteiger partial charge is 0.330 e. The van der Waals surface area contributed by atoms with Crippen LogP contribution in [0.3, 0.4) is 0 Å². The molecule has 7 heteroatoms. The Morgan fingerprint density at radius 2 is 2.10 bits per heavy atom. The molecule has 0 saturated heterocycles. The number of benzene rings is 1. The van der Waals surface area contributed by atoms with E-state index in [0.717, 1.165) is 37.9 Å². The summed E-state index contributed by atoms with van der Waals surface area (Å²) in [6, 6.07) is 7.89. The fourth-order valence-corrected chi connectivity index (χ4v) is 3.51. The second-order valence-corrected chi connectivity index (χ2v) is 6.49. The molecular weight excluding hydrogens is 350 g/mol. The van der Waals surface area contributed by atoms with E-state index in [1.54, 1.807) is 11.3 Å². The second kappa shape index (κ2) is 6.05. The van der Waals surface area contributed by atoms with E-state index in [1.165, 1.54) is 0 Å². The summed E-state index contributed by atoms with van der Waals surface area (Å²) < 4.78 is 0.973. The van der Waals surface area contributed by atoms with Gasteiger partial charge in [-0.15, -0.1) is 11.3 Å². The van der Waals surface area contributed by atoms with Crippen molar-refractivity contribution in [2.45, 2.75) is 13.3 Å². The maximum absolute atomic E-state index is 5.58. The summed E-state index contributed by atoms with van der Waals surface area (Å²) in [6.45, 7) is 2.58. The Balaban J connectivity index is 1.97. The number of nitrogens with one attached hydrogen (secondary N) is 1. The van der Waals surface area contributed by atoms with Crippen LogP contribution < -0.4 is 5.73 Å². The van der Waals surface area contributed by atoms with Crippen molar-refractivity contribution in [2.24, 2.45) is 5.73 Å². The SMILES string of the molecule is Cc1nc(CCN)sc1-c1nc(-c2ccccc2Br)n[nH]1. The van der Waals surface area contributed by atoms with E-state index in [-0.39, 0.29) is 0 Å². The van der Waals surface area contributed by atoms with Gasteiger partial charge in [0.05, 0.1) is 15.6 Å². The standard InChI is InChI=1S/C14H14BrN5S/c1-8-12(21-11(17-8)6-7-16)14-18-13(19-20-14)9-4-2-3-5-10(9)15/h2-5H,6-7,16H2,1H3,(H,18,19,20). The van der Waals surface area contributed by atoms with Gasteiger partial charge in [0.1, 0.15) is 0 Å². The highest BCUT2D eigenvalue weighted by Crippen LogP contribution is 2.30. The minimum Gasteiger partial charge on any atom is -0.330 e. The first-order chi connectivity index (χ1) is 10.2. The Bertz CT molecular complexity index is 764. The number of thiazole rings is 1. The number of rotatable bonds is 4. The molecule has 0 unspecified atom stereocenters. The summed E-state index contributed by atoms with van der Waals surface area (Å²) >= 11 is 5.13. The van der Waals surface area contributed by atoms with Crippen LogP contribution in [-0.4, -0.2) is 26.7 Å². The number of hydrogen-bond donors (Lipinski definition) is 2. The van der Waals surface area contributed by atoms with Gasteiger partial charge < -0.3 is 5.73 Å². The first-order valence-corrected chi connectivity index (χ1v) is 8.14. The molecule has 0 spiro atoms. The molecule has 0 aliphatic rings. The lowest BCUT2D eigenvalue weighted by Crippen LogP contribution is -2.01. The van der Waals surface area contributed by atoms with Crippen molar-refractivity contribution in [1.82, 2.24) is 20.2 Å². The van der Waals surface area contributed by atoms with Crippen LogP contribution in [0.15, 0.2) is 28.7 Å². The van der Waals surface area contributed by atoms with Crippen molar-refractivity contribution in [3.8, 4) is 22.1 Å². The van der Waals surface area contributed by atoms with Crippen LogP contribution in [0.1, 0.15) is 10.7 Å². The number of aryl methyl sites for hydroxylation is 1. The van der Waals surface area contributed by atoms with Gasteiger partial charge in [-0.1, -0.05) is 28.1 Å². The molecule has 3 aromatic rings. The molecule has 5 nitrogen and oxygen atoms in total. The third-order valence-corrected chi connectivity index (χ3v) is 4.93. The van der Waals surface area contributed by atoms with Crippen LogP contribution in [0.2, 0.25) is 0 Å². The summed E-state index contributed by atoms with van der Waals surface area (Å²) in [4.78, 5) is 10.1. The van der Waals surface area contributed by atoms with Gasteiger partial charge in [0, 0.05) is 16.5 Å². The number of H-pyrrole nitrogens is 1. The number of halogens is 1. The molecule has 21 heavy (non-hydrogen) atoms. The van der Waals surface area contributed by atoms with Crippen LogP contribution in [0.4, 0.5) is 0 Å². The minimum absolute atomic E-state index is 0.602. The topological polar surface area (TPSA) is 80.5 Å². The molecular formula is C14H14BrN5S. The minimum atomic E-state index is 0.602. The molecule has 0 aliphatic carbocycles. The van der Waals surface area contributed by atoms with E-state index in [2.05, 4.69) is 36.1 Å². The quantitative estimate of drug-likeness (QED) is 0.745. The Kier molecular flexibility index (Phi) is 4.14. The molecule has 3 N–H and O–H groups in total. The zero-order valence-electron chi connectivity index (χ0n) is 11.4. The number of hydrogen-bond acceptors (Lipinski definition) is 5. The molecule has 3 rings (SSSR count). The van der Waals surface area contributed by atoms with Gasteiger partial charge in [0.15, 0.2) is 11.6 Å². The van der Waals surface area contributed by atoms with Crippen molar-refractivity contribution >= 4 is 27.3 Å². The van der Waals surface area contributed by atoms with E-state index < -0.39 is 0 Å². The van der Waals surface area contributed by atoms with Gasteiger partial charge >= 0.3 is 0 Å². The van der Waals surface area contributed by atoms with Crippen molar-refractivity contribution in [2.75, 3.05) is 6.54 Å². The van der Waals surface area contributed by atoms with Gasteiger partial charge in [-0.05, 0) is 25.6 Å². The predicted molar refractivity (Wildman–Crippen MR) is 88.1 cm³/mol. The van der Waals surface area contributed by atoms with Crippen molar-refractivity contribution in [3.63, 3.8) is 0 Å². The third-order valence-electron chi connectivity index (χ3n) is 3.01. The summed E-state index contributed by atoms with van der Waals surface area (Å²) in [7, 11) is 0. The van der Waals surface area contributed by atoms with Crippen LogP contribution in [-0.2, 0) is 6.42 Å². The molecule has 1 aromatic carbocycles. The van der Waals surface area contributed by atoms with Gasteiger partial charge in [0.25, 0.3) is 0 Å². The third kappa shape index (κ3) is 2.90. The Morgan fingerprint density at radius 1 is 1.29 bits per heavy atom. The Hall–Kier alpha value is -1.57. The smallest absolute Gasteiger partial charge is 0.182 e. The first kappa shape index (κ1) is 14.4. The van der Waals surface area contributed by atoms with Gasteiger partial charge in [-0.2, -0.15) is 5.10 Å². The monoisotopic (exact) mass is 363 g/mol. The lowest BCUT2D eigenvalue weighted by atomic mass is 10.2. The number of nitrogens with zero attached hydrogens (tertiary/aromatic N) is 3. The first-order valence-electron chi connectivity index (χ1n) is 6.53. The van der Waals surface area contributed by atoms with Crippen LogP contribution in [0.5, 0.6) is 0 Å². The normalized spacial score (nSPS) is 11.0. The zero-order valence-corrected chi connectivity index (χ0v) is 13.8. The van der Waals surface area contributed by atoms with E-state index in [4.69, 9.17) is 5.73 Å². The molecule has 0 amide bonds. The molecule has 0 saturated carbocycles. The molecule has 0 aliphatic heterocycles. The lowest BCUT2D eigenvalue weighted by molar-refractivity contribution is 0.945. The van der Waals surface area contributed by atoms with Gasteiger partial charge in [-0.3, -0.25) is 5.10 Å². The molecule has 0 atom stereocenters. The number of aromatic nitrogens is 4. The molecule has 0 fully saturated rings. The fourth-order valence-electron chi connectivity index (χ4n) is 2.03. The number of aromatic amines is 1. The van der Waals surface area contributed by atoms with E-state index in [9.17, 15) is 0 Å². The van der Waals surface area contributed by atoms with Gasteiger partial charge in [-0.25, -0.2) is 9.97 Å². The van der Waals surface area contributed by atoms with Gasteiger partial charge in [0.2, 0.25) is 0 Å². The Morgan fingerprint density at radius 3 is 2.86 bits per heavy atom. The second-order valence-electron chi connectivity index (χ2n) is 4.55. The van der Waals surface area contributed by atoms with Crippen molar-refractivity contribution < 1.29 is 0 Å². The van der Waals surface area contributed by atoms with Crippen LogP contribution in [0.25, 0.3) is 22.1 Å². The summed E-state index contributed by atoms with van der Waals surface area (Å²) in [5.41, 5.74) is 7.50. The molecule has 0 bridgehead atoms. The molecule has 108 valence electrons. The average molecular weight is 364 g/mol. The lowest BCUT2D eigenvalue weighted by Gasteiger charge is -1.97. The van der Waals surface area contributed by atoms with Crippen LogP contribution >= 0.6 is 27.3 Å². The van der Waals surface area contributed by atoms with Crippen molar-refractivity contribution in [1.29, 1.82) is 0 Å². The molecule has 2 aromatic heterocycles. The summed E-state index contributed by atoms with van der Waals surface area (Å²) in [6.07, 6.45) is 0.788. The average Bonchev–Trinajstić information content (AvgIpc) is 3.06. The highest BCUT2D eigenvalue weighted by molar-refractivity contribution is 9.10. The fraction of sp³-hybridized carbons (Fsp3) is 0.214. The summed E-state index contributed by atoms with van der Waals surface area (Å²) in [5, 5.41) is 8.34. The van der Waals surface area contributed by atoms with Crippen molar-refractivity contribution in [3.05, 3.63) is 39.4 Å². The Labute approximate surface area is 134 Å². The maximum Gasteiger partial charge on any atom is 0.182 e. The van der Waals surface area contributed by atoms with Crippen LogP contribution in [0, 0.1) is 6.92 Å². The number of nitrogens with two attached hydrogens (primary N) is 1. The molecule has 2 heterocycles.